The first-order valence-electron chi connectivity index (χ1n) is 9.57. The van der Waals surface area contributed by atoms with Crippen molar-refractivity contribution in [3.05, 3.63) is 53.6 Å². The highest BCUT2D eigenvalue weighted by Crippen LogP contribution is 2.19. The lowest BCUT2D eigenvalue weighted by Gasteiger charge is -2.36. The number of nitrogens with zero attached hydrogens (tertiary/aromatic N) is 3. The molecule has 3 rings (SSSR count). The number of piperazine rings is 1. The van der Waals surface area contributed by atoms with Crippen molar-refractivity contribution in [1.29, 1.82) is 0 Å². The standard InChI is InChI=1S/C21H26ClN5O2.HI/c1-16(28)25-18-3-2-4-20(15-18)29-14-9-24-21(23)27-12-10-26(11-13-27)19-7-5-17(22)6-8-19;/h2-8,15H,9-14H2,1H3,(H2,23,24)(H,25,28);1H. The molecule has 1 saturated heterocycles. The van der Waals surface area contributed by atoms with Gasteiger partial charge in [0.25, 0.3) is 0 Å². The number of nitrogens with two attached hydrogens (primary N) is 1. The molecule has 3 N–H and O–H groups in total. The second kappa shape index (κ2) is 11.8. The molecule has 0 spiro atoms. The number of carbonyl (C=O) groups excluding carboxylic acids is 1. The molecule has 2 aromatic carbocycles. The van der Waals surface area contributed by atoms with Gasteiger partial charge in [0, 0.05) is 55.6 Å². The zero-order chi connectivity index (χ0) is 20.6. The highest BCUT2D eigenvalue weighted by Gasteiger charge is 2.18. The Morgan fingerprint density at radius 2 is 1.87 bits per heavy atom. The van der Waals surface area contributed by atoms with Crippen LogP contribution in [0.1, 0.15) is 6.92 Å². The van der Waals surface area contributed by atoms with Crippen LogP contribution >= 0.6 is 35.6 Å². The normalized spacial score (nSPS) is 14.1. The molecule has 9 heteroatoms. The van der Waals surface area contributed by atoms with E-state index in [9.17, 15) is 4.79 Å². The Morgan fingerprint density at radius 3 is 2.53 bits per heavy atom. The van der Waals surface area contributed by atoms with Crippen molar-refractivity contribution in [3.63, 3.8) is 0 Å². The molecule has 7 nitrogen and oxygen atoms in total. The molecule has 1 amide bonds. The third-order valence-electron chi connectivity index (χ3n) is 4.58. The van der Waals surface area contributed by atoms with E-state index in [1.165, 1.54) is 12.6 Å². The number of guanidine groups is 1. The third kappa shape index (κ3) is 7.24. The molecular weight excluding hydrogens is 517 g/mol. The molecule has 1 heterocycles. The number of rotatable bonds is 6. The third-order valence-corrected chi connectivity index (χ3v) is 4.84. The van der Waals surface area contributed by atoms with Crippen LogP contribution in [0.3, 0.4) is 0 Å². The number of benzene rings is 2. The van der Waals surface area contributed by atoms with Crippen LogP contribution < -0.4 is 20.7 Å². The van der Waals surface area contributed by atoms with Crippen LogP contribution in [0.25, 0.3) is 0 Å². The molecule has 2 aromatic rings. The van der Waals surface area contributed by atoms with E-state index in [-0.39, 0.29) is 29.9 Å². The minimum absolute atomic E-state index is 0. The summed E-state index contributed by atoms with van der Waals surface area (Å²) in [7, 11) is 0. The van der Waals surface area contributed by atoms with Crippen LogP contribution in [-0.4, -0.2) is 56.1 Å². The number of amides is 1. The van der Waals surface area contributed by atoms with Crippen molar-refractivity contribution < 1.29 is 9.53 Å². The lowest BCUT2D eigenvalue weighted by atomic mass is 10.2. The fourth-order valence-corrected chi connectivity index (χ4v) is 3.26. The zero-order valence-corrected chi connectivity index (χ0v) is 20.0. The van der Waals surface area contributed by atoms with E-state index in [1.807, 2.05) is 42.5 Å². The van der Waals surface area contributed by atoms with Crippen molar-refractivity contribution in [2.45, 2.75) is 6.92 Å². The number of carbonyl (C=O) groups is 1. The van der Waals surface area contributed by atoms with Gasteiger partial charge in [0.2, 0.25) is 5.91 Å². The Bertz CT molecular complexity index is 855. The van der Waals surface area contributed by atoms with Gasteiger partial charge in [-0.3, -0.25) is 4.79 Å². The summed E-state index contributed by atoms with van der Waals surface area (Å²) >= 11 is 5.96. The van der Waals surface area contributed by atoms with Gasteiger partial charge in [-0.25, -0.2) is 4.99 Å². The maximum Gasteiger partial charge on any atom is 0.221 e. The molecule has 0 atom stereocenters. The van der Waals surface area contributed by atoms with Crippen molar-refractivity contribution >= 4 is 58.8 Å². The molecule has 0 saturated carbocycles. The van der Waals surface area contributed by atoms with Gasteiger partial charge in [-0.15, -0.1) is 24.0 Å². The Hall–Kier alpha value is -2.20. The fraction of sp³-hybridized carbons (Fsp3) is 0.333. The van der Waals surface area contributed by atoms with Gasteiger partial charge < -0.3 is 25.6 Å². The van der Waals surface area contributed by atoms with Gasteiger partial charge in [-0.05, 0) is 36.4 Å². The first kappa shape index (κ1) is 24.1. The van der Waals surface area contributed by atoms with Crippen molar-refractivity contribution in [3.8, 4) is 5.75 Å². The molecule has 0 aliphatic carbocycles. The maximum atomic E-state index is 11.1. The van der Waals surface area contributed by atoms with Crippen molar-refractivity contribution in [1.82, 2.24) is 4.90 Å². The van der Waals surface area contributed by atoms with Gasteiger partial charge in [0.15, 0.2) is 5.96 Å². The number of aliphatic imine (C=N–C) groups is 1. The lowest BCUT2D eigenvalue weighted by molar-refractivity contribution is -0.114. The molecule has 0 aromatic heterocycles. The summed E-state index contributed by atoms with van der Waals surface area (Å²) in [6, 6.07) is 15.2. The first-order chi connectivity index (χ1) is 14.0. The summed E-state index contributed by atoms with van der Waals surface area (Å²) in [5.41, 5.74) is 8.02. The Kier molecular flexibility index (Phi) is 9.51. The number of ether oxygens (including phenoxy) is 1. The van der Waals surface area contributed by atoms with E-state index < -0.39 is 0 Å². The molecule has 30 heavy (non-hydrogen) atoms. The molecule has 1 aliphatic rings. The maximum absolute atomic E-state index is 11.1. The van der Waals surface area contributed by atoms with Gasteiger partial charge in [-0.1, -0.05) is 17.7 Å². The van der Waals surface area contributed by atoms with Crippen LogP contribution in [0, 0.1) is 0 Å². The van der Waals surface area contributed by atoms with Gasteiger partial charge in [-0.2, -0.15) is 0 Å². The number of anilines is 2. The minimum Gasteiger partial charge on any atom is -0.492 e. The summed E-state index contributed by atoms with van der Waals surface area (Å²) in [5.74, 6) is 1.11. The monoisotopic (exact) mass is 543 g/mol. The van der Waals surface area contributed by atoms with Crippen LogP contribution in [0.4, 0.5) is 11.4 Å². The summed E-state index contributed by atoms with van der Waals surface area (Å²) in [5, 5.41) is 3.47. The first-order valence-corrected chi connectivity index (χ1v) is 9.95. The second-order valence-corrected chi connectivity index (χ2v) is 7.18. The number of nitrogens with one attached hydrogen (secondary N) is 1. The van der Waals surface area contributed by atoms with E-state index in [0.29, 0.717) is 30.5 Å². The molecule has 1 aliphatic heterocycles. The summed E-state index contributed by atoms with van der Waals surface area (Å²) in [6.07, 6.45) is 0. The molecular formula is C21H27ClIN5O2. The van der Waals surface area contributed by atoms with Crippen molar-refractivity contribution in [2.24, 2.45) is 10.7 Å². The van der Waals surface area contributed by atoms with Crippen LogP contribution in [0.5, 0.6) is 5.75 Å². The highest BCUT2D eigenvalue weighted by atomic mass is 127. The van der Waals surface area contributed by atoms with Crippen LogP contribution in [-0.2, 0) is 4.79 Å². The molecule has 0 radical (unpaired) electrons. The molecule has 162 valence electrons. The average Bonchev–Trinajstić information content (AvgIpc) is 2.71. The highest BCUT2D eigenvalue weighted by molar-refractivity contribution is 14.0. The van der Waals surface area contributed by atoms with E-state index >= 15 is 0 Å². The largest absolute Gasteiger partial charge is 0.492 e. The summed E-state index contributed by atoms with van der Waals surface area (Å²) in [4.78, 5) is 20.0. The Labute approximate surface area is 199 Å². The number of hydrogen-bond acceptors (Lipinski definition) is 4. The fourth-order valence-electron chi connectivity index (χ4n) is 3.14. The van der Waals surface area contributed by atoms with Gasteiger partial charge in [0.1, 0.15) is 12.4 Å². The average molecular weight is 544 g/mol. The predicted octanol–water partition coefficient (Wildman–Crippen LogP) is 3.43. The Morgan fingerprint density at radius 1 is 1.17 bits per heavy atom. The van der Waals surface area contributed by atoms with E-state index in [0.717, 1.165) is 31.2 Å². The van der Waals surface area contributed by atoms with Crippen LogP contribution in [0.15, 0.2) is 53.5 Å². The van der Waals surface area contributed by atoms with Crippen molar-refractivity contribution in [2.75, 3.05) is 49.5 Å². The smallest absolute Gasteiger partial charge is 0.221 e. The van der Waals surface area contributed by atoms with E-state index in [2.05, 4.69) is 20.1 Å². The van der Waals surface area contributed by atoms with Gasteiger partial charge in [0.05, 0.1) is 6.54 Å². The van der Waals surface area contributed by atoms with E-state index in [1.54, 1.807) is 6.07 Å². The molecule has 1 fully saturated rings. The number of halogens is 2. The van der Waals surface area contributed by atoms with Crippen LogP contribution in [0.2, 0.25) is 5.02 Å². The van der Waals surface area contributed by atoms with E-state index in [4.69, 9.17) is 22.1 Å². The number of hydrogen-bond donors (Lipinski definition) is 2. The summed E-state index contributed by atoms with van der Waals surface area (Å²) in [6.45, 7) is 5.74. The SMILES string of the molecule is CC(=O)Nc1cccc(OCCN=C(N)N2CCN(c3ccc(Cl)cc3)CC2)c1.I. The lowest BCUT2D eigenvalue weighted by Crippen LogP contribution is -2.51. The minimum atomic E-state index is -0.115. The van der Waals surface area contributed by atoms with Gasteiger partial charge >= 0.3 is 0 Å². The summed E-state index contributed by atoms with van der Waals surface area (Å²) < 4.78 is 5.70. The molecule has 0 unspecified atom stereocenters. The quantitative estimate of drug-likeness (QED) is 0.252. The second-order valence-electron chi connectivity index (χ2n) is 6.75. The zero-order valence-electron chi connectivity index (χ0n) is 16.9. The molecule has 0 bridgehead atoms. The topological polar surface area (TPSA) is 83.2 Å². The predicted molar refractivity (Wildman–Crippen MR) is 133 cm³/mol. The Balaban J connectivity index is 0.00000320.